The summed E-state index contributed by atoms with van der Waals surface area (Å²) in [6, 6.07) is 1.86. The highest BCUT2D eigenvalue weighted by Gasteiger charge is 2.22. The third kappa shape index (κ3) is 4.11. The summed E-state index contributed by atoms with van der Waals surface area (Å²) in [6.45, 7) is 0.469. The SMILES string of the molecule is O=C(O)C=Cc1ccsc1CNC(=O)C1CCSC1. The fraction of sp³-hybridized carbons (Fsp3) is 0.385. The highest BCUT2D eigenvalue weighted by molar-refractivity contribution is 7.99. The van der Waals surface area contributed by atoms with Crippen molar-refractivity contribution in [3.05, 3.63) is 28.0 Å². The Morgan fingerprint density at radius 2 is 2.37 bits per heavy atom. The van der Waals surface area contributed by atoms with Crippen molar-refractivity contribution in [2.24, 2.45) is 5.92 Å². The molecule has 1 amide bonds. The van der Waals surface area contributed by atoms with Gasteiger partial charge in [-0.05, 0) is 35.3 Å². The standard InChI is InChI=1S/C13H15NO3S2/c15-12(16)2-1-9-4-6-19-11(9)7-14-13(17)10-3-5-18-8-10/h1-2,4,6,10H,3,5,7-8H2,(H,14,17)(H,15,16). The van der Waals surface area contributed by atoms with Crippen LogP contribution in [0.25, 0.3) is 6.08 Å². The number of thioether (sulfide) groups is 1. The van der Waals surface area contributed by atoms with Gasteiger partial charge in [-0.25, -0.2) is 4.79 Å². The molecule has 2 N–H and O–H groups in total. The van der Waals surface area contributed by atoms with Crippen molar-refractivity contribution in [3.63, 3.8) is 0 Å². The molecule has 4 nitrogen and oxygen atoms in total. The van der Waals surface area contributed by atoms with Gasteiger partial charge in [0, 0.05) is 22.6 Å². The second-order valence-corrected chi connectivity index (χ2v) is 6.40. The molecule has 1 aliphatic rings. The van der Waals surface area contributed by atoms with E-state index in [1.165, 1.54) is 11.3 Å². The quantitative estimate of drug-likeness (QED) is 0.818. The highest BCUT2D eigenvalue weighted by Crippen LogP contribution is 2.24. The van der Waals surface area contributed by atoms with Crippen molar-refractivity contribution in [2.45, 2.75) is 13.0 Å². The van der Waals surface area contributed by atoms with Gasteiger partial charge in [-0.1, -0.05) is 0 Å². The third-order valence-electron chi connectivity index (χ3n) is 2.91. The van der Waals surface area contributed by atoms with Crippen LogP contribution in [0.4, 0.5) is 0 Å². The van der Waals surface area contributed by atoms with Gasteiger partial charge in [0.05, 0.1) is 6.54 Å². The minimum atomic E-state index is -0.968. The molecule has 19 heavy (non-hydrogen) atoms. The van der Waals surface area contributed by atoms with E-state index in [1.807, 2.05) is 23.2 Å². The Bertz CT molecular complexity index is 490. The second-order valence-electron chi connectivity index (χ2n) is 4.25. The maximum atomic E-state index is 11.9. The van der Waals surface area contributed by atoms with E-state index in [9.17, 15) is 9.59 Å². The van der Waals surface area contributed by atoms with Gasteiger partial charge in [0.25, 0.3) is 0 Å². The van der Waals surface area contributed by atoms with Gasteiger partial charge in [-0.15, -0.1) is 11.3 Å². The van der Waals surface area contributed by atoms with Crippen LogP contribution in [0.5, 0.6) is 0 Å². The van der Waals surface area contributed by atoms with Gasteiger partial charge in [-0.3, -0.25) is 4.79 Å². The lowest BCUT2D eigenvalue weighted by Crippen LogP contribution is -2.30. The summed E-state index contributed by atoms with van der Waals surface area (Å²) < 4.78 is 0. The molecular weight excluding hydrogens is 282 g/mol. The second kappa shape index (κ2) is 6.77. The first kappa shape index (κ1) is 14.1. The van der Waals surface area contributed by atoms with Crippen LogP contribution in [0.1, 0.15) is 16.9 Å². The molecule has 1 aromatic rings. The summed E-state index contributed by atoms with van der Waals surface area (Å²) in [5.41, 5.74) is 0.855. The fourth-order valence-corrected chi connectivity index (χ4v) is 3.88. The molecule has 1 fully saturated rings. The lowest BCUT2D eigenvalue weighted by atomic mass is 10.1. The van der Waals surface area contributed by atoms with E-state index in [2.05, 4.69) is 5.32 Å². The van der Waals surface area contributed by atoms with Crippen molar-refractivity contribution >= 4 is 41.1 Å². The molecule has 0 saturated carbocycles. The molecule has 0 aliphatic carbocycles. The number of carbonyl (C=O) groups is 2. The predicted molar refractivity (Wildman–Crippen MR) is 78.3 cm³/mol. The van der Waals surface area contributed by atoms with Gasteiger partial charge < -0.3 is 10.4 Å². The van der Waals surface area contributed by atoms with Crippen molar-refractivity contribution in [1.82, 2.24) is 5.32 Å². The molecule has 1 atom stereocenters. The Morgan fingerprint density at radius 3 is 3.05 bits per heavy atom. The van der Waals surface area contributed by atoms with Crippen molar-refractivity contribution in [3.8, 4) is 0 Å². The first-order valence-corrected chi connectivity index (χ1v) is 8.03. The van der Waals surface area contributed by atoms with E-state index < -0.39 is 5.97 Å². The first-order valence-electron chi connectivity index (χ1n) is 5.99. The van der Waals surface area contributed by atoms with E-state index in [0.29, 0.717) is 6.54 Å². The number of carboxylic acids is 1. The molecule has 1 saturated heterocycles. The molecule has 2 heterocycles. The number of carboxylic acid groups (broad SMARTS) is 1. The van der Waals surface area contributed by atoms with Crippen molar-refractivity contribution in [2.75, 3.05) is 11.5 Å². The number of thiophene rings is 1. The van der Waals surface area contributed by atoms with Crippen LogP contribution >= 0.6 is 23.1 Å². The molecular formula is C13H15NO3S2. The Hall–Kier alpha value is -1.27. The number of carbonyl (C=O) groups excluding carboxylic acids is 1. The summed E-state index contributed by atoms with van der Waals surface area (Å²) in [5, 5.41) is 13.4. The number of aliphatic carboxylic acids is 1. The Balaban J connectivity index is 1.90. The number of amides is 1. The number of hydrogen-bond acceptors (Lipinski definition) is 4. The summed E-state index contributed by atoms with van der Waals surface area (Å²) in [5.74, 6) is 1.23. The van der Waals surface area contributed by atoms with E-state index >= 15 is 0 Å². The van der Waals surface area contributed by atoms with Crippen molar-refractivity contribution < 1.29 is 14.7 Å². The summed E-state index contributed by atoms with van der Waals surface area (Å²) in [7, 11) is 0. The molecule has 0 bridgehead atoms. The van der Waals surface area contributed by atoms with Crippen LogP contribution < -0.4 is 5.32 Å². The smallest absolute Gasteiger partial charge is 0.328 e. The number of hydrogen-bond donors (Lipinski definition) is 2. The van der Waals surface area contributed by atoms with Crippen LogP contribution in [0.3, 0.4) is 0 Å². The lowest BCUT2D eigenvalue weighted by Gasteiger charge is -2.09. The van der Waals surface area contributed by atoms with Crippen molar-refractivity contribution in [1.29, 1.82) is 0 Å². The number of rotatable bonds is 5. The molecule has 6 heteroatoms. The molecule has 0 radical (unpaired) electrons. The Morgan fingerprint density at radius 1 is 1.53 bits per heavy atom. The molecule has 0 aromatic carbocycles. The maximum absolute atomic E-state index is 11.9. The minimum Gasteiger partial charge on any atom is -0.478 e. The van der Waals surface area contributed by atoms with Gasteiger partial charge in [0.15, 0.2) is 0 Å². The van der Waals surface area contributed by atoms with Crippen LogP contribution in [-0.4, -0.2) is 28.5 Å². The summed E-state index contributed by atoms with van der Waals surface area (Å²) in [4.78, 5) is 23.4. The first-order chi connectivity index (χ1) is 9.16. The molecule has 1 aromatic heterocycles. The largest absolute Gasteiger partial charge is 0.478 e. The van der Waals surface area contributed by atoms with Crippen LogP contribution in [0.2, 0.25) is 0 Å². The zero-order valence-corrected chi connectivity index (χ0v) is 11.9. The van der Waals surface area contributed by atoms with Gasteiger partial charge >= 0.3 is 5.97 Å². The molecule has 102 valence electrons. The normalized spacial score (nSPS) is 18.8. The average Bonchev–Trinajstić information content (AvgIpc) is 3.04. The lowest BCUT2D eigenvalue weighted by molar-refractivity contribution is -0.131. The predicted octanol–water partition coefficient (Wildman–Crippen LogP) is 2.22. The van der Waals surface area contributed by atoms with Crippen LogP contribution in [0.15, 0.2) is 17.5 Å². The third-order valence-corrected chi connectivity index (χ3v) is 5.01. The monoisotopic (exact) mass is 297 g/mol. The Kier molecular flexibility index (Phi) is 5.04. The van der Waals surface area contributed by atoms with Gasteiger partial charge in [-0.2, -0.15) is 11.8 Å². The zero-order chi connectivity index (χ0) is 13.7. The maximum Gasteiger partial charge on any atom is 0.328 e. The molecule has 1 aliphatic heterocycles. The van der Waals surface area contributed by atoms with E-state index in [4.69, 9.17) is 5.11 Å². The van der Waals surface area contributed by atoms with Crippen LogP contribution in [-0.2, 0) is 16.1 Å². The van der Waals surface area contributed by atoms with E-state index in [1.54, 1.807) is 6.08 Å². The average molecular weight is 297 g/mol. The van der Waals surface area contributed by atoms with E-state index in [0.717, 1.165) is 34.4 Å². The number of nitrogens with one attached hydrogen (secondary N) is 1. The molecule has 2 rings (SSSR count). The Labute approximate surface area is 119 Å². The fourth-order valence-electron chi connectivity index (χ4n) is 1.86. The summed E-state index contributed by atoms with van der Waals surface area (Å²) in [6.07, 6.45) is 3.62. The minimum absolute atomic E-state index is 0.103. The van der Waals surface area contributed by atoms with Crippen LogP contribution in [0, 0.1) is 5.92 Å². The van der Waals surface area contributed by atoms with Gasteiger partial charge in [0.1, 0.15) is 0 Å². The molecule has 1 unspecified atom stereocenters. The molecule has 0 spiro atoms. The summed E-state index contributed by atoms with van der Waals surface area (Å²) >= 11 is 3.34. The highest BCUT2D eigenvalue weighted by atomic mass is 32.2. The van der Waals surface area contributed by atoms with Gasteiger partial charge in [0.2, 0.25) is 5.91 Å². The zero-order valence-electron chi connectivity index (χ0n) is 10.3. The van der Waals surface area contributed by atoms with E-state index in [-0.39, 0.29) is 11.8 Å². The topological polar surface area (TPSA) is 66.4 Å².